The second-order valence-corrected chi connectivity index (χ2v) is 7.54. The molecule has 3 atom stereocenters. The lowest BCUT2D eigenvalue weighted by molar-refractivity contribution is 0.302. The van der Waals surface area contributed by atoms with Gasteiger partial charge in [-0.2, -0.15) is 15.8 Å². The molecular weight excluding hydrogens is 358 g/mol. The van der Waals surface area contributed by atoms with Gasteiger partial charge in [0.15, 0.2) is 5.41 Å². The molecule has 1 aromatic carbocycles. The van der Waals surface area contributed by atoms with E-state index in [1.807, 2.05) is 24.3 Å². The van der Waals surface area contributed by atoms with E-state index in [2.05, 4.69) is 41.4 Å². The number of allylic oxidation sites excluding steroid dienone is 4. The van der Waals surface area contributed by atoms with Crippen molar-refractivity contribution in [2.75, 3.05) is 0 Å². The molecule has 0 fully saturated rings. The van der Waals surface area contributed by atoms with Gasteiger partial charge >= 0.3 is 0 Å². The van der Waals surface area contributed by atoms with E-state index in [1.54, 1.807) is 18.5 Å². The number of nitrogens with zero attached hydrogens (tertiary/aromatic N) is 4. The molecule has 4 rings (SSSR count). The normalized spacial score (nSPS) is 25.0. The lowest BCUT2D eigenvalue weighted by Crippen LogP contribution is -2.43. The zero-order chi connectivity index (χ0) is 20.4. The molecule has 0 aliphatic heterocycles. The molecule has 2 aromatic rings. The van der Waals surface area contributed by atoms with Crippen LogP contribution in [0, 0.1) is 45.3 Å². The van der Waals surface area contributed by atoms with E-state index in [4.69, 9.17) is 5.73 Å². The molecule has 5 heteroatoms. The predicted molar refractivity (Wildman–Crippen MR) is 107 cm³/mol. The average molecular weight is 377 g/mol. The summed E-state index contributed by atoms with van der Waals surface area (Å²) in [5.74, 6) is -0.404. The summed E-state index contributed by atoms with van der Waals surface area (Å²) in [6, 6.07) is 20.4. The lowest BCUT2D eigenvalue weighted by atomic mass is 9.55. The molecule has 0 amide bonds. The number of rotatable bonds is 2. The summed E-state index contributed by atoms with van der Waals surface area (Å²) in [7, 11) is 0. The Balaban J connectivity index is 1.93. The summed E-state index contributed by atoms with van der Waals surface area (Å²) in [4.78, 5) is 4.21. The molecule has 2 aliphatic carbocycles. The number of fused-ring (bicyclic) bond motifs is 1. The first kappa shape index (κ1) is 18.5. The molecule has 0 radical (unpaired) electrons. The molecular formula is C24H19N5. The van der Waals surface area contributed by atoms with E-state index in [0.717, 1.165) is 24.0 Å². The van der Waals surface area contributed by atoms with Crippen LogP contribution < -0.4 is 5.73 Å². The van der Waals surface area contributed by atoms with Crippen LogP contribution in [0.4, 0.5) is 0 Å². The van der Waals surface area contributed by atoms with Crippen LogP contribution in [-0.2, 0) is 0 Å². The Morgan fingerprint density at radius 1 is 1.00 bits per heavy atom. The lowest BCUT2D eigenvalue weighted by Gasteiger charge is -2.44. The first-order valence-corrected chi connectivity index (χ1v) is 9.54. The van der Waals surface area contributed by atoms with Crippen molar-refractivity contribution in [1.29, 1.82) is 15.8 Å². The highest BCUT2D eigenvalue weighted by atomic mass is 14.7. The Morgan fingerprint density at radius 2 is 1.72 bits per heavy atom. The van der Waals surface area contributed by atoms with E-state index < -0.39 is 11.3 Å². The third-order valence-corrected chi connectivity index (χ3v) is 6.19. The van der Waals surface area contributed by atoms with Gasteiger partial charge in [0.1, 0.15) is 6.07 Å². The SMILES string of the molecule is N#CC1=C(N)C(C#N)(C#N)[C@@H](c2cccnc2)[C@H]2C[C@H](c3ccccc3)CC=C12. The molecule has 29 heavy (non-hydrogen) atoms. The smallest absolute Gasteiger partial charge is 0.191 e. The Kier molecular flexibility index (Phi) is 4.63. The van der Waals surface area contributed by atoms with Crippen molar-refractivity contribution in [2.24, 2.45) is 17.1 Å². The summed E-state index contributed by atoms with van der Waals surface area (Å²) in [6.45, 7) is 0. The molecule has 140 valence electrons. The van der Waals surface area contributed by atoms with E-state index in [0.29, 0.717) is 0 Å². The molecule has 0 bridgehead atoms. The number of benzene rings is 1. The monoisotopic (exact) mass is 377 g/mol. The van der Waals surface area contributed by atoms with Crippen LogP contribution in [-0.4, -0.2) is 4.98 Å². The summed E-state index contributed by atoms with van der Waals surface area (Å²) >= 11 is 0. The third kappa shape index (κ3) is 2.78. The van der Waals surface area contributed by atoms with Gasteiger partial charge < -0.3 is 5.73 Å². The Labute approximate surface area is 170 Å². The van der Waals surface area contributed by atoms with Gasteiger partial charge in [-0.25, -0.2) is 0 Å². The molecule has 2 aliphatic rings. The number of pyridine rings is 1. The van der Waals surface area contributed by atoms with E-state index in [1.165, 1.54) is 5.56 Å². The fraction of sp³-hybridized carbons (Fsp3) is 0.250. The Hall–Kier alpha value is -3.88. The molecule has 2 N–H and O–H groups in total. The van der Waals surface area contributed by atoms with Crippen LogP contribution in [0.3, 0.4) is 0 Å². The van der Waals surface area contributed by atoms with Gasteiger partial charge in [-0.3, -0.25) is 4.98 Å². The number of aromatic nitrogens is 1. The maximum Gasteiger partial charge on any atom is 0.191 e. The van der Waals surface area contributed by atoms with Crippen molar-refractivity contribution in [3.63, 3.8) is 0 Å². The van der Waals surface area contributed by atoms with E-state index >= 15 is 0 Å². The van der Waals surface area contributed by atoms with Gasteiger partial charge in [-0.05, 0) is 47.4 Å². The van der Waals surface area contributed by atoms with Crippen molar-refractivity contribution in [1.82, 2.24) is 4.98 Å². The third-order valence-electron chi connectivity index (χ3n) is 6.19. The van der Waals surface area contributed by atoms with Crippen LogP contribution in [0.15, 0.2) is 77.8 Å². The van der Waals surface area contributed by atoms with Crippen molar-refractivity contribution < 1.29 is 0 Å². The zero-order valence-corrected chi connectivity index (χ0v) is 15.8. The fourth-order valence-corrected chi connectivity index (χ4v) is 4.82. The van der Waals surface area contributed by atoms with E-state index in [-0.39, 0.29) is 23.1 Å². The minimum Gasteiger partial charge on any atom is -0.399 e. The van der Waals surface area contributed by atoms with Crippen LogP contribution in [0.5, 0.6) is 0 Å². The second kappa shape index (κ2) is 7.27. The Morgan fingerprint density at radius 3 is 2.34 bits per heavy atom. The summed E-state index contributed by atoms with van der Waals surface area (Å²) in [5.41, 5.74) is 7.92. The number of nitriles is 3. The molecule has 0 saturated carbocycles. The summed E-state index contributed by atoms with van der Waals surface area (Å²) in [6.07, 6.45) is 6.96. The molecule has 0 unspecified atom stereocenters. The van der Waals surface area contributed by atoms with Gasteiger partial charge in [0, 0.05) is 18.3 Å². The first-order valence-electron chi connectivity index (χ1n) is 9.54. The zero-order valence-electron chi connectivity index (χ0n) is 15.8. The predicted octanol–water partition coefficient (Wildman–Crippen LogP) is 4.07. The molecule has 1 heterocycles. The minimum absolute atomic E-state index is 0.0551. The van der Waals surface area contributed by atoms with Crippen molar-refractivity contribution in [3.05, 3.63) is 88.9 Å². The minimum atomic E-state index is -1.60. The van der Waals surface area contributed by atoms with Crippen LogP contribution in [0.1, 0.15) is 35.8 Å². The number of hydrogen-bond acceptors (Lipinski definition) is 5. The van der Waals surface area contributed by atoms with E-state index in [9.17, 15) is 15.8 Å². The molecule has 1 aromatic heterocycles. The number of nitrogens with two attached hydrogens (primary N) is 1. The highest BCUT2D eigenvalue weighted by Crippen LogP contribution is 2.57. The highest BCUT2D eigenvalue weighted by molar-refractivity contribution is 5.59. The quantitative estimate of drug-likeness (QED) is 0.848. The van der Waals surface area contributed by atoms with Crippen LogP contribution >= 0.6 is 0 Å². The van der Waals surface area contributed by atoms with Crippen molar-refractivity contribution in [3.8, 4) is 18.2 Å². The maximum absolute atomic E-state index is 10.1. The average Bonchev–Trinajstić information content (AvgIpc) is 2.79. The first-order chi connectivity index (χ1) is 14.2. The van der Waals surface area contributed by atoms with Crippen molar-refractivity contribution in [2.45, 2.75) is 24.7 Å². The van der Waals surface area contributed by atoms with Gasteiger partial charge in [-0.15, -0.1) is 0 Å². The molecule has 0 saturated heterocycles. The standard InChI is InChI=1S/C24H19N5/c25-12-21-19-9-8-17(16-5-2-1-3-6-16)11-20(19)22(18-7-4-10-29-13-18)24(14-26,15-27)23(21)28/h1-7,9-10,13,17,20,22H,8,11,28H2/t17-,20+,22+/m1/s1. The second-order valence-electron chi connectivity index (χ2n) is 7.54. The summed E-state index contributed by atoms with van der Waals surface area (Å²) < 4.78 is 0. The van der Waals surface area contributed by atoms with Crippen LogP contribution in [0.2, 0.25) is 0 Å². The van der Waals surface area contributed by atoms with Gasteiger partial charge in [0.05, 0.1) is 23.4 Å². The van der Waals surface area contributed by atoms with Crippen LogP contribution in [0.25, 0.3) is 0 Å². The highest BCUT2D eigenvalue weighted by Gasteiger charge is 2.54. The van der Waals surface area contributed by atoms with Gasteiger partial charge in [0.2, 0.25) is 0 Å². The molecule has 5 nitrogen and oxygen atoms in total. The fourth-order valence-electron chi connectivity index (χ4n) is 4.82. The topological polar surface area (TPSA) is 110 Å². The van der Waals surface area contributed by atoms with Crippen molar-refractivity contribution >= 4 is 0 Å². The van der Waals surface area contributed by atoms with Gasteiger partial charge in [-0.1, -0.05) is 42.5 Å². The maximum atomic E-state index is 10.1. The van der Waals surface area contributed by atoms with Gasteiger partial charge in [0.25, 0.3) is 0 Å². The Bertz CT molecular complexity index is 1100. The number of hydrogen-bond donors (Lipinski definition) is 1. The summed E-state index contributed by atoms with van der Waals surface area (Å²) in [5, 5.41) is 30.0. The molecule has 0 spiro atoms. The largest absolute Gasteiger partial charge is 0.399 e.